The molecule has 6 nitrogen and oxygen atoms in total. The van der Waals surface area contributed by atoms with Crippen LogP contribution in [0.4, 0.5) is 5.69 Å². The molecule has 0 saturated carbocycles. The summed E-state index contributed by atoms with van der Waals surface area (Å²) < 4.78 is 30.9. The second-order valence-corrected chi connectivity index (χ2v) is 14.5. The van der Waals surface area contributed by atoms with Crippen LogP contribution >= 0.6 is 46.4 Å². The van der Waals surface area contributed by atoms with Gasteiger partial charge in [-0.1, -0.05) is 119 Å². The summed E-state index contributed by atoms with van der Waals surface area (Å²) in [6, 6.07) is 32.4. The molecule has 0 aromatic heterocycles. The quantitative estimate of drug-likeness (QED) is 0.0980. The van der Waals surface area contributed by atoms with E-state index in [2.05, 4.69) is 5.32 Å². The van der Waals surface area contributed by atoms with Gasteiger partial charge >= 0.3 is 0 Å². The van der Waals surface area contributed by atoms with Crippen molar-refractivity contribution >= 4 is 73.9 Å². The van der Waals surface area contributed by atoms with Crippen molar-refractivity contribution in [3.63, 3.8) is 0 Å². The topological polar surface area (TPSA) is 101 Å². The van der Waals surface area contributed by atoms with E-state index in [1.807, 2.05) is 60.7 Å². The summed E-state index contributed by atoms with van der Waals surface area (Å²) in [6.45, 7) is 0. The Labute approximate surface area is 299 Å². The van der Waals surface area contributed by atoms with Gasteiger partial charge in [0.1, 0.15) is 0 Å². The Morgan fingerprint density at radius 2 is 1.21 bits per heavy atom. The Kier molecular flexibility index (Phi) is 11.6. The number of benzene rings is 5. The third-order valence-corrected chi connectivity index (χ3v) is 9.69. The number of nitrogens with one attached hydrogen (secondary N) is 1. The monoisotopic (exact) mass is 739 g/mol. The van der Waals surface area contributed by atoms with Crippen LogP contribution in [0.2, 0.25) is 20.1 Å². The molecule has 5 aromatic carbocycles. The van der Waals surface area contributed by atoms with Crippen molar-refractivity contribution in [2.75, 3.05) is 11.1 Å². The number of hydrogen-bond acceptors (Lipinski definition) is 4. The first-order valence-electron chi connectivity index (χ1n) is 14.9. The summed E-state index contributed by atoms with van der Waals surface area (Å²) in [7, 11) is -4.13. The number of Topliss-reactive ketones (excluding diaryl/α,β-unsaturated/α-hetero) is 1. The van der Waals surface area contributed by atoms with Gasteiger partial charge in [0.15, 0.2) is 5.78 Å². The smallest absolute Gasteiger partial charge is 0.264 e. The zero-order chi connectivity index (χ0) is 34.4. The fraction of sp³-hybridized carbons (Fsp3) is 0.135. The lowest BCUT2D eigenvalue weighted by Gasteiger charge is -2.19. The van der Waals surface area contributed by atoms with E-state index in [9.17, 15) is 18.0 Å². The number of amides is 1. The van der Waals surface area contributed by atoms with Crippen molar-refractivity contribution in [2.45, 2.75) is 25.2 Å². The minimum atomic E-state index is -4.13. The maximum Gasteiger partial charge on any atom is 0.264 e. The van der Waals surface area contributed by atoms with E-state index >= 15 is 0 Å². The van der Waals surface area contributed by atoms with Gasteiger partial charge in [0.25, 0.3) is 10.1 Å². The first-order valence-corrected chi connectivity index (χ1v) is 18.0. The lowest BCUT2D eigenvalue weighted by Crippen LogP contribution is -2.23. The molecule has 2 N–H and O–H groups in total. The number of ketones is 1. The zero-order valence-corrected chi connectivity index (χ0v) is 29.1. The van der Waals surface area contributed by atoms with E-state index in [4.69, 9.17) is 51.0 Å². The van der Waals surface area contributed by atoms with Crippen molar-refractivity contribution in [1.82, 2.24) is 0 Å². The fourth-order valence-corrected chi connectivity index (χ4v) is 6.83. The second kappa shape index (κ2) is 15.7. The molecule has 1 atom stereocenters. The highest BCUT2D eigenvalue weighted by atomic mass is 35.5. The van der Waals surface area contributed by atoms with E-state index < -0.39 is 21.8 Å². The van der Waals surface area contributed by atoms with Crippen LogP contribution in [0.5, 0.6) is 0 Å². The molecule has 0 spiro atoms. The highest BCUT2D eigenvalue weighted by Crippen LogP contribution is 2.34. The molecule has 0 bridgehead atoms. The normalized spacial score (nSPS) is 12.0. The number of carbonyl (C=O) groups excluding carboxylic acids is 2. The van der Waals surface area contributed by atoms with Gasteiger partial charge < -0.3 is 5.32 Å². The highest BCUT2D eigenvalue weighted by molar-refractivity contribution is 7.85. The predicted octanol–water partition coefficient (Wildman–Crippen LogP) is 10.4. The average molecular weight is 742 g/mol. The molecule has 0 aliphatic rings. The Balaban J connectivity index is 1.37. The van der Waals surface area contributed by atoms with Crippen LogP contribution in [-0.4, -0.2) is 30.4 Å². The Hall–Kier alpha value is -3.69. The van der Waals surface area contributed by atoms with Crippen LogP contribution in [0.3, 0.4) is 0 Å². The summed E-state index contributed by atoms with van der Waals surface area (Å²) in [5.74, 6) is -1.54. The second-order valence-electron chi connectivity index (χ2n) is 11.2. The van der Waals surface area contributed by atoms with Crippen LogP contribution in [-0.2, 0) is 21.3 Å². The summed E-state index contributed by atoms with van der Waals surface area (Å²) in [5.41, 5.74) is 5.99. The van der Waals surface area contributed by atoms with Crippen molar-refractivity contribution < 1.29 is 22.6 Å². The number of rotatable bonds is 12. The first kappa shape index (κ1) is 35.6. The molecule has 1 unspecified atom stereocenters. The van der Waals surface area contributed by atoms with Gasteiger partial charge in [0, 0.05) is 48.9 Å². The lowest BCUT2D eigenvalue weighted by atomic mass is 9.89. The van der Waals surface area contributed by atoms with Crippen molar-refractivity contribution in [3.8, 4) is 22.3 Å². The van der Waals surface area contributed by atoms with Gasteiger partial charge in [-0.3, -0.25) is 14.1 Å². The van der Waals surface area contributed by atoms with Crippen LogP contribution in [0, 0.1) is 0 Å². The van der Waals surface area contributed by atoms with E-state index in [1.54, 1.807) is 48.5 Å². The molecule has 48 heavy (non-hydrogen) atoms. The van der Waals surface area contributed by atoms with Crippen molar-refractivity contribution in [3.05, 3.63) is 146 Å². The van der Waals surface area contributed by atoms with Gasteiger partial charge in [-0.25, -0.2) is 0 Å². The molecule has 0 heterocycles. The molecular formula is C37H29Cl4NO5S. The minimum Gasteiger partial charge on any atom is -0.326 e. The Bertz CT molecular complexity index is 2050. The number of hydrogen-bond donors (Lipinski definition) is 2. The maximum atomic E-state index is 13.9. The number of halogens is 4. The van der Waals surface area contributed by atoms with E-state index in [0.29, 0.717) is 37.8 Å². The summed E-state index contributed by atoms with van der Waals surface area (Å²) >= 11 is 25.0. The van der Waals surface area contributed by atoms with Crippen LogP contribution in [0.25, 0.3) is 22.3 Å². The molecule has 11 heteroatoms. The van der Waals surface area contributed by atoms with E-state index in [0.717, 1.165) is 33.4 Å². The van der Waals surface area contributed by atoms with Gasteiger partial charge in [0.05, 0.1) is 11.7 Å². The average Bonchev–Trinajstić information content (AvgIpc) is 3.04. The fourth-order valence-electron chi connectivity index (χ4n) is 5.29. The zero-order valence-electron chi connectivity index (χ0n) is 25.3. The third kappa shape index (κ3) is 9.47. The first-order chi connectivity index (χ1) is 22.9. The molecule has 0 fully saturated rings. The molecule has 246 valence electrons. The summed E-state index contributed by atoms with van der Waals surface area (Å²) in [5, 5.41) is 5.15. The van der Waals surface area contributed by atoms with Gasteiger partial charge in [0.2, 0.25) is 5.91 Å². The summed E-state index contributed by atoms with van der Waals surface area (Å²) in [4.78, 5) is 26.4. The largest absolute Gasteiger partial charge is 0.326 e. The minimum absolute atomic E-state index is 0.0167. The maximum absolute atomic E-state index is 13.9. The standard InChI is InChI=1S/C37H29Cl4NO5S/c38-28-13-17-31(34(40)21-28)24-7-9-26(10-8-24)33(20-23-3-5-27(6-4-23)36(43)2-1-19-48(45,46)47)37(44)42-30-15-11-25(12-16-30)32-18-14-29(39)22-35(32)41/h3-18,21-22,33H,1-2,19-20H2,(H,42,44)(H,45,46,47). The van der Waals surface area contributed by atoms with Crippen LogP contribution in [0.15, 0.2) is 109 Å². The molecular weight excluding hydrogens is 712 g/mol. The van der Waals surface area contributed by atoms with Crippen LogP contribution in [0.1, 0.15) is 40.2 Å². The summed E-state index contributed by atoms with van der Waals surface area (Å²) in [6.07, 6.45) is 0.340. The van der Waals surface area contributed by atoms with E-state index in [-0.39, 0.29) is 24.5 Å². The predicted molar refractivity (Wildman–Crippen MR) is 195 cm³/mol. The lowest BCUT2D eigenvalue weighted by molar-refractivity contribution is -0.117. The third-order valence-electron chi connectivity index (χ3n) is 7.79. The molecule has 1 amide bonds. The SMILES string of the molecule is O=C(CCCS(=O)(=O)O)c1ccc(CC(C(=O)Nc2ccc(-c3ccc(Cl)cc3Cl)cc2)c2ccc(-c3ccc(Cl)cc3Cl)cc2)cc1. The van der Waals surface area contributed by atoms with Gasteiger partial charge in [-0.05, 0) is 71.5 Å². The van der Waals surface area contributed by atoms with Crippen LogP contribution < -0.4 is 5.32 Å². The molecule has 0 saturated heterocycles. The van der Waals surface area contributed by atoms with E-state index in [1.165, 1.54) is 0 Å². The van der Waals surface area contributed by atoms with Crippen molar-refractivity contribution in [1.29, 1.82) is 0 Å². The van der Waals surface area contributed by atoms with Crippen molar-refractivity contribution in [2.24, 2.45) is 0 Å². The Morgan fingerprint density at radius 3 is 1.71 bits per heavy atom. The molecule has 0 aliphatic heterocycles. The highest BCUT2D eigenvalue weighted by Gasteiger charge is 2.22. The van der Waals surface area contributed by atoms with Gasteiger partial charge in [-0.2, -0.15) is 8.42 Å². The molecule has 5 aromatic rings. The molecule has 0 aliphatic carbocycles. The number of carbonyl (C=O) groups is 2. The molecule has 0 radical (unpaired) electrons. The van der Waals surface area contributed by atoms with Gasteiger partial charge in [-0.15, -0.1) is 0 Å². The molecule has 5 rings (SSSR count). The Morgan fingerprint density at radius 1 is 0.688 bits per heavy atom. The number of anilines is 1.